The summed E-state index contributed by atoms with van der Waals surface area (Å²) in [6.07, 6.45) is -8.23. The van der Waals surface area contributed by atoms with Crippen molar-refractivity contribution in [2.75, 3.05) is 74.0 Å². The maximum absolute atomic E-state index is 10.1. The number of rotatable bonds is 22. The molecule has 2 saturated heterocycles. The molecule has 0 aromatic carbocycles. The lowest BCUT2D eigenvalue weighted by molar-refractivity contribution is -0.205. The van der Waals surface area contributed by atoms with Crippen molar-refractivity contribution in [3.8, 4) is 0 Å². The highest BCUT2D eigenvalue weighted by Gasteiger charge is 2.44. The first-order valence-electron chi connectivity index (χ1n) is 14.8. The molecule has 0 bridgehead atoms. The van der Waals surface area contributed by atoms with Gasteiger partial charge in [0.1, 0.15) is 71.4 Å². The van der Waals surface area contributed by atoms with Gasteiger partial charge in [-0.1, -0.05) is 0 Å². The Morgan fingerprint density at radius 3 is 1.78 bits per heavy atom. The Hall–Kier alpha value is -0.100. The van der Waals surface area contributed by atoms with Gasteiger partial charge in [-0.2, -0.15) is 23.5 Å². The third-order valence-corrected chi connectivity index (χ3v) is 11.2. The Kier molecular flexibility index (Phi) is 21.3. The van der Waals surface area contributed by atoms with Crippen molar-refractivity contribution in [1.82, 2.24) is 5.32 Å². The molecule has 12 N–H and O–H groups in total. The smallest absolute Gasteiger partial charge is 0.132 e. The number of thioether (sulfide) groups is 4. The van der Waals surface area contributed by atoms with Gasteiger partial charge in [0.2, 0.25) is 0 Å². The van der Waals surface area contributed by atoms with E-state index in [1.807, 2.05) is 0 Å². The van der Waals surface area contributed by atoms with Gasteiger partial charge in [0, 0.05) is 37.8 Å². The second kappa shape index (κ2) is 23.3. The summed E-state index contributed by atoms with van der Waals surface area (Å²) in [4.78, 5) is 4.31. The van der Waals surface area contributed by atoms with Gasteiger partial charge in [-0.3, -0.25) is 10.4 Å². The number of aliphatic imine (C=N–C) groups is 1. The Bertz CT molecular complexity index is 855. The highest BCUT2D eigenvalue weighted by atomic mass is 32.2. The summed E-state index contributed by atoms with van der Waals surface area (Å²) in [5, 5.41) is 89.0. The van der Waals surface area contributed by atoms with Crippen LogP contribution >= 0.6 is 47.0 Å². The van der Waals surface area contributed by atoms with Gasteiger partial charge >= 0.3 is 0 Å². The van der Waals surface area contributed by atoms with E-state index >= 15 is 0 Å². The van der Waals surface area contributed by atoms with Crippen molar-refractivity contribution in [3.05, 3.63) is 0 Å². The summed E-state index contributed by atoms with van der Waals surface area (Å²) in [5.41, 5.74) is 4.27. The van der Waals surface area contributed by atoms with E-state index in [-0.39, 0.29) is 17.3 Å². The molecule has 2 fully saturated rings. The van der Waals surface area contributed by atoms with E-state index in [0.717, 1.165) is 59.4 Å². The monoisotopic (exact) mass is 722 g/mol. The van der Waals surface area contributed by atoms with E-state index < -0.39 is 72.9 Å². The van der Waals surface area contributed by atoms with Gasteiger partial charge in [0.25, 0.3) is 0 Å². The highest BCUT2D eigenvalue weighted by Crippen LogP contribution is 2.29. The number of nitrogens with one attached hydrogen (secondary N) is 2. The van der Waals surface area contributed by atoms with Gasteiger partial charge in [-0.25, -0.2) is 0 Å². The van der Waals surface area contributed by atoms with Crippen molar-refractivity contribution < 1.29 is 55.1 Å². The Morgan fingerprint density at radius 1 is 0.733 bits per heavy atom. The minimum Gasteiger partial charge on any atom is -0.394 e. The van der Waals surface area contributed by atoms with Crippen molar-refractivity contribution in [1.29, 1.82) is 5.41 Å². The van der Waals surface area contributed by atoms with E-state index in [2.05, 4.69) is 10.3 Å². The Labute approximate surface area is 281 Å². The van der Waals surface area contributed by atoms with E-state index in [1.165, 1.54) is 0 Å². The summed E-state index contributed by atoms with van der Waals surface area (Å²) in [6, 6.07) is 0. The predicted octanol–water partition coefficient (Wildman–Crippen LogP) is -2.76. The maximum Gasteiger partial charge on any atom is 0.132 e. The largest absolute Gasteiger partial charge is 0.394 e. The fourth-order valence-corrected chi connectivity index (χ4v) is 7.74. The van der Waals surface area contributed by atoms with Crippen LogP contribution in [0.5, 0.6) is 0 Å². The highest BCUT2D eigenvalue weighted by molar-refractivity contribution is 8.00. The topological polar surface area (TPSA) is 264 Å². The third kappa shape index (κ3) is 14.9. The number of nitrogens with two attached hydrogens (primary N) is 1. The van der Waals surface area contributed by atoms with E-state index in [0.29, 0.717) is 32.1 Å². The van der Waals surface area contributed by atoms with Crippen LogP contribution in [0.3, 0.4) is 0 Å². The molecule has 0 radical (unpaired) electrons. The molecular weight excluding hydrogens is 673 g/mol. The molecule has 0 saturated carbocycles. The van der Waals surface area contributed by atoms with Gasteiger partial charge < -0.3 is 66.1 Å². The van der Waals surface area contributed by atoms with E-state index in [1.54, 1.807) is 23.5 Å². The molecule has 2 aliphatic rings. The molecule has 10 atom stereocenters. The van der Waals surface area contributed by atoms with Crippen LogP contribution in [0.2, 0.25) is 0 Å². The molecule has 19 heteroatoms. The van der Waals surface area contributed by atoms with Gasteiger partial charge in [0.15, 0.2) is 0 Å². The minimum atomic E-state index is -1.41. The SMILES string of the molecule is N=C(CSC1O[C@H](CO)[C@@H](O)[C@H](O)[C@@H]1O)NCCSCCCOCCCSCCN=C(N)CSC1O[C@H](CO)[C@@H](O)[C@H](O)[C@@H]1O. The molecule has 264 valence electrons. The predicted molar refractivity (Wildman–Crippen MR) is 179 cm³/mol. The van der Waals surface area contributed by atoms with Gasteiger partial charge in [-0.15, -0.1) is 23.5 Å². The maximum atomic E-state index is 10.1. The summed E-state index contributed by atoms with van der Waals surface area (Å²) in [6.45, 7) is 1.59. The van der Waals surface area contributed by atoms with Gasteiger partial charge in [-0.05, 0) is 24.3 Å². The molecule has 45 heavy (non-hydrogen) atoms. The molecule has 2 heterocycles. The zero-order valence-electron chi connectivity index (χ0n) is 25.1. The van der Waals surface area contributed by atoms with Crippen LogP contribution in [-0.4, -0.2) is 186 Å². The van der Waals surface area contributed by atoms with E-state index in [4.69, 9.17) is 25.4 Å². The van der Waals surface area contributed by atoms with Crippen LogP contribution in [0.4, 0.5) is 0 Å². The minimum absolute atomic E-state index is 0.231. The van der Waals surface area contributed by atoms with E-state index in [9.17, 15) is 40.9 Å². The van der Waals surface area contributed by atoms with Crippen LogP contribution in [0.25, 0.3) is 0 Å². The summed E-state index contributed by atoms with van der Waals surface area (Å²) in [5.74, 6) is 4.68. The normalized spacial score (nSPS) is 32.5. The first-order valence-corrected chi connectivity index (χ1v) is 19.2. The first-order chi connectivity index (χ1) is 21.6. The summed E-state index contributed by atoms with van der Waals surface area (Å²) < 4.78 is 16.6. The zero-order chi connectivity index (χ0) is 33.2. The van der Waals surface area contributed by atoms with Gasteiger partial charge in [0.05, 0.1) is 24.7 Å². The standard InChI is InChI=1S/C26H50N4O11S4/c27-17(13-44-25-23(37)21(35)19(33)15(11-31)40-25)29-3-9-42-7-1-5-39-6-2-8-43-10-4-30-18(28)14-45-26-24(38)22(36)20(34)16(12-32)41-26/h15-16,19-26,31-38H,1-14H2,(H2,27,29)(H2,28,30)/t15-,16-,19-,20-,21+,22+,23+,24+,25?,26?/m1/s1. The molecule has 2 aliphatic heterocycles. The average molecular weight is 723 g/mol. The summed E-state index contributed by atoms with van der Waals surface area (Å²) >= 11 is 5.80. The third-order valence-electron chi connectivity index (χ3n) is 6.77. The van der Waals surface area contributed by atoms with Crippen molar-refractivity contribution in [2.24, 2.45) is 10.7 Å². The lowest BCUT2D eigenvalue weighted by Gasteiger charge is -2.39. The van der Waals surface area contributed by atoms with Crippen LogP contribution in [-0.2, 0) is 14.2 Å². The molecule has 0 amide bonds. The number of aliphatic hydroxyl groups excluding tert-OH is 8. The molecule has 0 aromatic heterocycles. The lowest BCUT2D eigenvalue weighted by Crippen LogP contribution is -2.57. The quantitative estimate of drug-likeness (QED) is 0.0307. The van der Waals surface area contributed by atoms with Crippen LogP contribution in [0.15, 0.2) is 4.99 Å². The zero-order valence-corrected chi connectivity index (χ0v) is 28.4. The molecule has 0 spiro atoms. The molecule has 15 nitrogen and oxygen atoms in total. The molecule has 2 rings (SSSR count). The molecule has 0 aromatic rings. The van der Waals surface area contributed by atoms with Crippen molar-refractivity contribution in [3.63, 3.8) is 0 Å². The number of amidine groups is 2. The van der Waals surface area contributed by atoms with Crippen molar-refractivity contribution >= 4 is 58.7 Å². The van der Waals surface area contributed by atoms with Crippen molar-refractivity contribution in [2.45, 2.75) is 72.5 Å². The fraction of sp³-hybridized carbons (Fsp3) is 0.923. The molecular formula is C26H50N4O11S4. The number of hydrogen-bond donors (Lipinski definition) is 11. The van der Waals surface area contributed by atoms with Crippen LogP contribution in [0, 0.1) is 5.41 Å². The van der Waals surface area contributed by atoms with Crippen LogP contribution < -0.4 is 11.1 Å². The van der Waals surface area contributed by atoms with Crippen LogP contribution in [0.1, 0.15) is 12.8 Å². The fourth-order valence-electron chi connectivity index (χ4n) is 4.20. The number of ether oxygens (including phenoxy) is 3. The molecule has 2 unspecified atom stereocenters. The first kappa shape index (κ1) is 41.1. The number of nitrogens with zero attached hydrogens (tertiary/aromatic N) is 1. The number of aliphatic hydroxyl groups is 8. The summed E-state index contributed by atoms with van der Waals surface area (Å²) in [7, 11) is 0. The average Bonchev–Trinajstić information content (AvgIpc) is 3.03. The molecule has 0 aliphatic carbocycles. The second-order valence-electron chi connectivity index (χ2n) is 10.3. The Balaban J connectivity index is 1.37. The second-order valence-corrected chi connectivity index (χ2v) is 15.0. The Morgan fingerprint density at radius 2 is 1.24 bits per heavy atom. The number of hydrogen-bond acceptors (Lipinski definition) is 17. The lowest BCUT2D eigenvalue weighted by atomic mass is 10.0.